The van der Waals surface area contributed by atoms with Crippen LogP contribution in [0, 0.1) is 6.92 Å². The lowest BCUT2D eigenvalue weighted by Gasteiger charge is -2.16. The van der Waals surface area contributed by atoms with Gasteiger partial charge in [0.1, 0.15) is 0 Å². The Kier molecular flexibility index (Phi) is 13.8. The fraction of sp³-hybridized carbons (Fsp3) is 0.234. The van der Waals surface area contributed by atoms with Crippen molar-refractivity contribution in [1.82, 2.24) is 4.57 Å². The Morgan fingerprint density at radius 2 is 1.65 bits per heavy atom. The van der Waals surface area contributed by atoms with Gasteiger partial charge in [0.05, 0.1) is 17.7 Å². The van der Waals surface area contributed by atoms with Crippen LogP contribution in [0.1, 0.15) is 74.4 Å². The Balaban J connectivity index is 0.000000458. The van der Waals surface area contributed by atoms with Gasteiger partial charge in [-0.15, -0.1) is 0 Å². The third-order valence-corrected chi connectivity index (χ3v) is 9.19. The number of aromatic nitrogens is 1. The minimum atomic E-state index is 0.517. The molecular formula is C47H51N5. The molecule has 3 aliphatic rings. The molecule has 0 atom stereocenters. The molecule has 3 aromatic carbocycles. The number of rotatable bonds is 7. The lowest BCUT2D eigenvalue weighted by molar-refractivity contribution is 0.887. The average molecular weight is 686 g/mol. The van der Waals surface area contributed by atoms with Gasteiger partial charge in [-0.3, -0.25) is 9.98 Å². The van der Waals surface area contributed by atoms with E-state index in [4.69, 9.17) is 9.98 Å². The molecule has 0 radical (unpaired) electrons. The van der Waals surface area contributed by atoms with Crippen LogP contribution in [0.4, 0.5) is 5.69 Å². The first kappa shape index (κ1) is 37.6. The molecule has 5 heteroatoms. The number of benzene rings is 3. The van der Waals surface area contributed by atoms with E-state index in [-0.39, 0.29) is 0 Å². The summed E-state index contributed by atoms with van der Waals surface area (Å²) in [5.41, 5.74) is 11.3. The van der Waals surface area contributed by atoms with E-state index in [1.54, 1.807) is 0 Å². The van der Waals surface area contributed by atoms with E-state index in [1.807, 2.05) is 19.9 Å². The average Bonchev–Trinajstić information content (AvgIpc) is 3.33. The van der Waals surface area contributed by atoms with Gasteiger partial charge < -0.3 is 4.57 Å². The second-order valence-electron chi connectivity index (χ2n) is 12.5. The molecular weight excluding hydrogens is 635 g/mol. The highest BCUT2D eigenvalue weighted by atomic mass is 15.0. The molecule has 3 aliphatic carbocycles. The second kappa shape index (κ2) is 19.1. The highest BCUT2D eigenvalue weighted by Crippen LogP contribution is 2.38. The quantitative estimate of drug-likeness (QED) is 0.137. The van der Waals surface area contributed by atoms with Crippen molar-refractivity contribution in [2.24, 2.45) is 20.0 Å². The molecule has 1 aromatic heterocycles. The number of aliphatic imine (C=N–C) groups is 4. The fourth-order valence-electron chi connectivity index (χ4n) is 6.57. The summed E-state index contributed by atoms with van der Waals surface area (Å²) in [7, 11) is 0. The topological polar surface area (TPSA) is 54.4 Å². The van der Waals surface area contributed by atoms with Crippen LogP contribution < -0.4 is 0 Å². The van der Waals surface area contributed by atoms with Crippen molar-refractivity contribution < 1.29 is 0 Å². The first-order chi connectivity index (χ1) is 25.6. The Hall–Kier alpha value is -5.68. The van der Waals surface area contributed by atoms with Crippen molar-refractivity contribution in [2.45, 2.75) is 66.2 Å². The van der Waals surface area contributed by atoms with Gasteiger partial charge in [-0.05, 0) is 93.8 Å². The van der Waals surface area contributed by atoms with Crippen LogP contribution in [0.25, 0.3) is 22.7 Å². The van der Waals surface area contributed by atoms with E-state index in [0.717, 1.165) is 72.2 Å². The summed E-state index contributed by atoms with van der Waals surface area (Å²) in [5.74, 6) is 1.23. The smallest absolute Gasteiger partial charge is 0.160 e. The van der Waals surface area contributed by atoms with Crippen LogP contribution in [0.15, 0.2) is 153 Å². The molecule has 0 spiro atoms. The molecule has 7 rings (SSSR count). The molecule has 0 saturated heterocycles. The summed E-state index contributed by atoms with van der Waals surface area (Å²) in [4.78, 5) is 18.7. The minimum absolute atomic E-state index is 0.517. The number of allylic oxidation sites excluding steroid dienone is 7. The maximum atomic E-state index is 5.05. The van der Waals surface area contributed by atoms with Gasteiger partial charge in [0, 0.05) is 33.5 Å². The van der Waals surface area contributed by atoms with E-state index in [1.165, 1.54) is 27.7 Å². The zero-order valence-corrected chi connectivity index (χ0v) is 31.2. The molecule has 0 N–H and O–H groups in total. The second-order valence-corrected chi connectivity index (χ2v) is 12.5. The Bertz CT molecular complexity index is 2130. The molecule has 0 aliphatic heterocycles. The third kappa shape index (κ3) is 8.96. The summed E-state index contributed by atoms with van der Waals surface area (Å²) in [5, 5.41) is 1.23. The standard InChI is InChI=1S/C37H35N5.C8H10.C2H6/c1-26-33(38-2)23-22-32-31-20-11-12-21-34(31)42(35(26)32)30-19-13-18-29(24-30)37(40-25-27-14-7-4-5-8-15-27)41-36(39-3)28-16-9-6-10-17-28;1-2-8-6-4-3-5-7-8;1-2/h4,7-9,11,13-20,22-24H,2-3,5-6,10,12,21,25H2,1H3;3-7H,2H2,1H3;1-2H3. The predicted molar refractivity (Wildman–Crippen MR) is 228 cm³/mol. The van der Waals surface area contributed by atoms with Crippen molar-refractivity contribution in [2.75, 3.05) is 6.54 Å². The minimum Gasteiger partial charge on any atom is -0.313 e. The van der Waals surface area contributed by atoms with Crippen molar-refractivity contribution in [3.05, 3.63) is 161 Å². The van der Waals surface area contributed by atoms with Gasteiger partial charge >= 0.3 is 0 Å². The van der Waals surface area contributed by atoms with E-state index in [0.29, 0.717) is 18.2 Å². The van der Waals surface area contributed by atoms with Crippen LogP contribution in [-0.4, -0.2) is 36.2 Å². The van der Waals surface area contributed by atoms with Gasteiger partial charge in [0.15, 0.2) is 11.7 Å². The third-order valence-electron chi connectivity index (χ3n) is 9.19. The highest BCUT2D eigenvalue weighted by molar-refractivity contribution is 6.14. The van der Waals surface area contributed by atoms with Crippen molar-refractivity contribution in [3.8, 4) is 5.69 Å². The van der Waals surface area contributed by atoms with E-state index in [2.05, 4.69) is 163 Å². The number of amidine groups is 2. The molecule has 0 unspecified atom stereocenters. The normalized spacial score (nSPS) is 15.0. The zero-order valence-electron chi connectivity index (χ0n) is 31.2. The van der Waals surface area contributed by atoms with E-state index in [9.17, 15) is 0 Å². The number of nitrogens with zero attached hydrogens (tertiary/aromatic N) is 5. The summed E-state index contributed by atoms with van der Waals surface area (Å²) < 4.78 is 2.39. The van der Waals surface area contributed by atoms with Gasteiger partial charge in [-0.1, -0.05) is 130 Å². The number of hydrogen-bond donors (Lipinski definition) is 0. The molecule has 52 heavy (non-hydrogen) atoms. The molecule has 0 bridgehead atoms. The highest BCUT2D eigenvalue weighted by Gasteiger charge is 2.21. The first-order valence-electron chi connectivity index (χ1n) is 18.5. The number of aryl methyl sites for hydroxylation is 2. The molecule has 264 valence electrons. The lowest BCUT2D eigenvalue weighted by Crippen LogP contribution is -2.09. The molecule has 0 fully saturated rings. The van der Waals surface area contributed by atoms with E-state index >= 15 is 0 Å². The summed E-state index contributed by atoms with van der Waals surface area (Å²) in [6.07, 6.45) is 27.6. The first-order valence-corrected chi connectivity index (χ1v) is 18.5. The molecule has 4 aromatic rings. The summed E-state index contributed by atoms with van der Waals surface area (Å²) in [6.45, 7) is 16.5. The SMILES string of the molecule is C=NC(=NC(=NCC1=CC=CCC=C1)c1cccc(-n2c3c(c4ccc(N=C)c(C)c42)C=CCC3)c1)C1=CCCC=C1.CC.CCc1ccccc1. The van der Waals surface area contributed by atoms with Gasteiger partial charge in [-0.2, -0.15) is 0 Å². The van der Waals surface area contributed by atoms with Crippen molar-refractivity contribution >= 4 is 47.8 Å². The fourth-order valence-corrected chi connectivity index (χ4v) is 6.57. The lowest BCUT2D eigenvalue weighted by atomic mass is 10.0. The van der Waals surface area contributed by atoms with Crippen LogP contribution in [0.2, 0.25) is 0 Å². The van der Waals surface area contributed by atoms with Gasteiger partial charge in [0.2, 0.25) is 0 Å². The molecule has 0 saturated carbocycles. The summed E-state index contributed by atoms with van der Waals surface area (Å²) in [6, 6.07) is 23.2. The van der Waals surface area contributed by atoms with Crippen LogP contribution in [0.5, 0.6) is 0 Å². The molecule has 0 amide bonds. The molecule has 5 nitrogen and oxygen atoms in total. The maximum absolute atomic E-state index is 5.05. The van der Waals surface area contributed by atoms with Crippen molar-refractivity contribution in [1.29, 1.82) is 0 Å². The zero-order chi connectivity index (χ0) is 36.7. The Morgan fingerprint density at radius 3 is 2.38 bits per heavy atom. The van der Waals surface area contributed by atoms with Crippen LogP contribution in [0.3, 0.4) is 0 Å². The maximum Gasteiger partial charge on any atom is 0.160 e. The number of fused-ring (bicyclic) bond motifs is 3. The largest absolute Gasteiger partial charge is 0.313 e. The predicted octanol–water partition coefficient (Wildman–Crippen LogP) is 12.1. The Labute approximate surface area is 310 Å². The summed E-state index contributed by atoms with van der Waals surface area (Å²) >= 11 is 0. The van der Waals surface area contributed by atoms with Gasteiger partial charge in [0.25, 0.3) is 0 Å². The molecule has 1 heterocycles. The van der Waals surface area contributed by atoms with Crippen LogP contribution >= 0.6 is 0 Å². The van der Waals surface area contributed by atoms with Crippen LogP contribution in [-0.2, 0) is 12.8 Å². The monoisotopic (exact) mass is 685 g/mol. The van der Waals surface area contributed by atoms with Crippen molar-refractivity contribution in [3.63, 3.8) is 0 Å². The van der Waals surface area contributed by atoms with Gasteiger partial charge in [-0.25, -0.2) is 9.98 Å². The Morgan fingerprint density at radius 1 is 0.827 bits per heavy atom. The van der Waals surface area contributed by atoms with E-state index < -0.39 is 0 Å². The number of hydrogen-bond acceptors (Lipinski definition) is 2.